The van der Waals surface area contributed by atoms with Gasteiger partial charge in [0.25, 0.3) is 10.0 Å². The third-order valence-electron chi connectivity index (χ3n) is 3.97. The summed E-state index contributed by atoms with van der Waals surface area (Å²) in [6, 6.07) is 18.8. The lowest BCUT2D eigenvalue weighted by molar-refractivity contribution is -0.114. The molecular formula is C20H16N2O4S2. The molecule has 6 nitrogen and oxygen atoms in total. The molecule has 2 N–H and O–H groups in total. The first kappa shape index (κ1) is 18.4. The lowest BCUT2D eigenvalue weighted by Gasteiger charge is -2.20. The zero-order valence-electron chi connectivity index (χ0n) is 14.8. The van der Waals surface area contributed by atoms with E-state index in [4.69, 9.17) is 4.74 Å². The highest BCUT2D eigenvalue weighted by Gasteiger charge is 2.20. The zero-order chi connectivity index (χ0) is 19.7. The maximum Gasteiger partial charge on any atom is 0.261 e. The Morgan fingerprint density at radius 1 is 0.893 bits per heavy atom. The number of rotatable bonds is 4. The molecule has 0 atom stereocenters. The molecule has 0 unspecified atom stereocenters. The van der Waals surface area contributed by atoms with Gasteiger partial charge in [0.2, 0.25) is 5.91 Å². The highest BCUT2D eigenvalue weighted by atomic mass is 32.2. The van der Waals surface area contributed by atoms with Gasteiger partial charge in [-0.1, -0.05) is 23.9 Å². The van der Waals surface area contributed by atoms with E-state index in [2.05, 4.69) is 10.0 Å². The number of para-hydroxylation sites is 1. The van der Waals surface area contributed by atoms with Crippen LogP contribution in [0.1, 0.15) is 6.92 Å². The van der Waals surface area contributed by atoms with E-state index in [1.807, 2.05) is 24.3 Å². The van der Waals surface area contributed by atoms with Crippen molar-refractivity contribution in [2.75, 3.05) is 10.0 Å². The molecule has 0 radical (unpaired) electrons. The molecule has 3 aromatic rings. The van der Waals surface area contributed by atoms with Crippen LogP contribution in [0, 0.1) is 0 Å². The largest absolute Gasteiger partial charge is 0.455 e. The smallest absolute Gasteiger partial charge is 0.261 e. The van der Waals surface area contributed by atoms with Gasteiger partial charge in [0.05, 0.1) is 20.4 Å². The molecule has 0 bridgehead atoms. The molecule has 0 saturated carbocycles. The maximum atomic E-state index is 12.7. The number of amides is 1. The van der Waals surface area contributed by atoms with E-state index in [9.17, 15) is 13.2 Å². The summed E-state index contributed by atoms with van der Waals surface area (Å²) < 4.78 is 33.8. The summed E-state index contributed by atoms with van der Waals surface area (Å²) in [6.07, 6.45) is 0. The van der Waals surface area contributed by atoms with Crippen LogP contribution >= 0.6 is 11.8 Å². The predicted octanol–water partition coefficient (Wildman–Crippen LogP) is 4.70. The van der Waals surface area contributed by atoms with Crippen LogP contribution in [0.2, 0.25) is 0 Å². The second kappa shape index (κ2) is 7.21. The van der Waals surface area contributed by atoms with Gasteiger partial charge in [0, 0.05) is 12.6 Å². The number of carbonyl (C=O) groups excluding carboxylic acids is 1. The average molecular weight is 412 g/mol. The minimum Gasteiger partial charge on any atom is -0.455 e. The molecule has 142 valence electrons. The van der Waals surface area contributed by atoms with Gasteiger partial charge in [0.1, 0.15) is 11.5 Å². The Morgan fingerprint density at radius 2 is 1.57 bits per heavy atom. The lowest BCUT2D eigenvalue weighted by atomic mass is 10.3. The molecule has 0 aliphatic carbocycles. The van der Waals surface area contributed by atoms with Gasteiger partial charge >= 0.3 is 0 Å². The van der Waals surface area contributed by atoms with E-state index >= 15 is 0 Å². The Bertz CT molecular complexity index is 1160. The third kappa shape index (κ3) is 3.83. The van der Waals surface area contributed by atoms with Crippen molar-refractivity contribution >= 4 is 39.1 Å². The molecule has 1 aliphatic rings. The summed E-state index contributed by atoms with van der Waals surface area (Å²) in [4.78, 5) is 13.0. The first-order chi connectivity index (χ1) is 13.4. The molecule has 28 heavy (non-hydrogen) atoms. The summed E-state index contributed by atoms with van der Waals surface area (Å²) in [5, 5.41) is 2.60. The molecule has 4 rings (SSSR count). The second-order valence-electron chi connectivity index (χ2n) is 6.12. The second-order valence-corrected chi connectivity index (χ2v) is 8.89. The van der Waals surface area contributed by atoms with Crippen molar-refractivity contribution < 1.29 is 17.9 Å². The molecule has 1 amide bonds. The Labute approximate surface area is 167 Å². The highest BCUT2D eigenvalue weighted by Crippen LogP contribution is 2.47. The molecule has 0 fully saturated rings. The van der Waals surface area contributed by atoms with Gasteiger partial charge < -0.3 is 10.1 Å². The Hall–Kier alpha value is -2.97. The lowest BCUT2D eigenvalue weighted by Crippen LogP contribution is -2.13. The number of benzene rings is 3. The van der Waals surface area contributed by atoms with Gasteiger partial charge in [-0.2, -0.15) is 0 Å². The standard InChI is InChI=1S/C20H16N2O4S2/c1-13(23)21-14-6-9-16(10-7-14)28(24,25)22-15-8-11-18-20(12-15)27-19-5-3-2-4-17(19)26-18/h2-12,22H,1H3,(H,21,23). The van der Waals surface area contributed by atoms with Crippen molar-refractivity contribution in [3.05, 3.63) is 66.7 Å². The first-order valence-electron chi connectivity index (χ1n) is 8.40. The predicted molar refractivity (Wildman–Crippen MR) is 109 cm³/mol. The Balaban J connectivity index is 1.55. The summed E-state index contributed by atoms with van der Waals surface area (Å²) in [5.41, 5.74) is 0.979. The van der Waals surface area contributed by atoms with Crippen LogP contribution in [0.3, 0.4) is 0 Å². The van der Waals surface area contributed by atoms with Crippen molar-refractivity contribution in [3.63, 3.8) is 0 Å². The van der Waals surface area contributed by atoms with Crippen molar-refractivity contribution in [1.82, 2.24) is 0 Å². The molecular weight excluding hydrogens is 396 g/mol. The van der Waals surface area contributed by atoms with E-state index in [0.717, 1.165) is 15.5 Å². The number of fused-ring (bicyclic) bond motifs is 2. The molecule has 1 heterocycles. The molecule has 0 spiro atoms. The fourth-order valence-electron chi connectivity index (χ4n) is 2.73. The van der Waals surface area contributed by atoms with Crippen LogP contribution < -0.4 is 14.8 Å². The Kier molecular flexibility index (Phi) is 4.74. The van der Waals surface area contributed by atoms with Crippen molar-refractivity contribution in [2.45, 2.75) is 21.6 Å². The summed E-state index contributed by atoms with van der Waals surface area (Å²) in [6.45, 7) is 1.39. The number of carbonyl (C=O) groups is 1. The Morgan fingerprint density at radius 3 is 2.32 bits per heavy atom. The van der Waals surface area contributed by atoms with Gasteiger partial charge in [0.15, 0.2) is 0 Å². The van der Waals surface area contributed by atoms with Gasteiger partial charge in [-0.3, -0.25) is 9.52 Å². The minimum atomic E-state index is -3.76. The van der Waals surface area contributed by atoms with Gasteiger partial charge in [-0.25, -0.2) is 8.42 Å². The fraction of sp³-hybridized carbons (Fsp3) is 0.0500. The van der Waals surface area contributed by atoms with E-state index in [-0.39, 0.29) is 10.8 Å². The number of anilines is 2. The number of sulfonamides is 1. The SMILES string of the molecule is CC(=O)Nc1ccc(S(=O)(=O)Nc2ccc3c(c2)Sc2ccccc2O3)cc1. The third-order valence-corrected chi connectivity index (χ3v) is 6.46. The molecule has 0 saturated heterocycles. The topological polar surface area (TPSA) is 84.5 Å². The number of ether oxygens (including phenoxy) is 1. The van der Waals surface area contributed by atoms with Crippen LogP contribution in [0.4, 0.5) is 11.4 Å². The van der Waals surface area contributed by atoms with Crippen LogP contribution in [-0.4, -0.2) is 14.3 Å². The molecule has 0 aromatic heterocycles. The molecule has 8 heteroatoms. The van der Waals surface area contributed by atoms with E-state index in [1.165, 1.54) is 30.8 Å². The maximum absolute atomic E-state index is 12.7. The van der Waals surface area contributed by atoms with Gasteiger partial charge in [-0.15, -0.1) is 0 Å². The quantitative estimate of drug-likeness (QED) is 0.507. The first-order valence-corrected chi connectivity index (χ1v) is 10.7. The molecule has 3 aromatic carbocycles. The number of hydrogen-bond donors (Lipinski definition) is 2. The van der Waals surface area contributed by atoms with E-state index < -0.39 is 10.0 Å². The fourth-order valence-corrected chi connectivity index (χ4v) is 4.77. The monoisotopic (exact) mass is 412 g/mol. The van der Waals surface area contributed by atoms with Crippen LogP contribution in [0.15, 0.2) is 81.4 Å². The van der Waals surface area contributed by atoms with E-state index in [0.29, 0.717) is 17.1 Å². The summed E-state index contributed by atoms with van der Waals surface area (Å²) in [5.74, 6) is 1.25. The van der Waals surface area contributed by atoms with Crippen molar-refractivity contribution in [2.24, 2.45) is 0 Å². The van der Waals surface area contributed by atoms with Crippen molar-refractivity contribution in [3.8, 4) is 11.5 Å². The van der Waals surface area contributed by atoms with Gasteiger partial charge in [-0.05, 0) is 54.6 Å². The van der Waals surface area contributed by atoms with Crippen LogP contribution in [0.25, 0.3) is 0 Å². The van der Waals surface area contributed by atoms with Crippen molar-refractivity contribution in [1.29, 1.82) is 0 Å². The number of hydrogen-bond acceptors (Lipinski definition) is 5. The summed E-state index contributed by atoms with van der Waals surface area (Å²) in [7, 11) is -3.76. The average Bonchev–Trinajstić information content (AvgIpc) is 2.66. The van der Waals surface area contributed by atoms with Crippen LogP contribution in [0.5, 0.6) is 11.5 Å². The highest BCUT2D eigenvalue weighted by molar-refractivity contribution is 7.99. The van der Waals surface area contributed by atoms with E-state index in [1.54, 1.807) is 30.3 Å². The number of nitrogens with one attached hydrogen (secondary N) is 2. The molecule has 1 aliphatic heterocycles. The minimum absolute atomic E-state index is 0.105. The zero-order valence-corrected chi connectivity index (χ0v) is 16.4. The normalized spacial score (nSPS) is 12.3. The van der Waals surface area contributed by atoms with Crippen LogP contribution in [-0.2, 0) is 14.8 Å². The summed E-state index contributed by atoms with van der Waals surface area (Å²) >= 11 is 1.53.